The summed E-state index contributed by atoms with van der Waals surface area (Å²) < 4.78 is 1.09. The van der Waals surface area contributed by atoms with E-state index in [1.165, 1.54) is 0 Å². The molecule has 0 aromatic heterocycles. The molecule has 0 radical (unpaired) electrons. The van der Waals surface area contributed by atoms with Crippen molar-refractivity contribution in [2.75, 3.05) is 18.8 Å². The summed E-state index contributed by atoms with van der Waals surface area (Å²) in [5.74, 6) is 1.09. The van der Waals surface area contributed by atoms with Crippen LogP contribution in [0.4, 0.5) is 0 Å². The molecule has 2 rings (SSSR count). The number of benzene rings is 1. The van der Waals surface area contributed by atoms with Crippen molar-refractivity contribution in [1.29, 1.82) is 0 Å². The molecule has 2 nitrogen and oxygen atoms in total. The van der Waals surface area contributed by atoms with E-state index in [0.717, 1.165) is 22.4 Å². The number of carbonyl (C=O) groups is 1. The lowest BCUT2D eigenvalue weighted by atomic mass is 10.1. The second-order valence-electron chi connectivity index (χ2n) is 4.96. The smallest absolute Gasteiger partial charge is 0.255 e. The van der Waals surface area contributed by atoms with Crippen molar-refractivity contribution >= 4 is 51.9 Å². The summed E-state index contributed by atoms with van der Waals surface area (Å²) in [5.41, 5.74) is 0.714. The van der Waals surface area contributed by atoms with Crippen molar-refractivity contribution < 1.29 is 4.79 Å². The number of hydrogen-bond acceptors (Lipinski definition) is 2. The summed E-state index contributed by atoms with van der Waals surface area (Å²) >= 11 is 10.1. The maximum atomic E-state index is 12.5. The van der Waals surface area contributed by atoms with E-state index in [1.54, 1.807) is 6.07 Å². The van der Waals surface area contributed by atoms with Gasteiger partial charge in [0.25, 0.3) is 5.91 Å². The van der Waals surface area contributed by atoms with Crippen molar-refractivity contribution in [3.63, 3.8) is 0 Å². The molecule has 98 valence electrons. The second-order valence-corrected chi connectivity index (χ2v) is 8.36. The molecule has 0 unspecified atom stereocenters. The van der Waals surface area contributed by atoms with Gasteiger partial charge in [-0.2, -0.15) is 11.8 Å². The first kappa shape index (κ1) is 14.5. The predicted octanol–water partition coefficient (Wildman–Crippen LogP) is 3.91. The third-order valence-electron chi connectivity index (χ3n) is 2.87. The summed E-state index contributed by atoms with van der Waals surface area (Å²) in [7, 11) is 0. The van der Waals surface area contributed by atoms with E-state index in [-0.39, 0.29) is 10.7 Å². The molecule has 1 aromatic rings. The van der Waals surface area contributed by atoms with Crippen LogP contribution in [0.1, 0.15) is 24.2 Å². The Morgan fingerprint density at radius 2 is 2.22 bits per heavy atom. The van der Waals surface area contributed by atoms with Crippen LogP contribution in [0.2, 0.25) is 5.02 Å². The molecular formula is C13H15ClINOS. The average molecular weight is 396 g/mol. The van der Waals surface area contributed by atoms with Gasteiger partial charge in [0.1, 0.15) is 0 Å². The number of rotatable bonds is 1. The fourth-order valence-corrected chi connectivity index (χ4v) is 3.87. The summed E-state index contributed by atoms with van der Waals surface area (Å²) in [6, 6.07) is 5.47. The quantitative estimate of drug-likeness (QED) is 0.672. The van der Waals surface area contributed by atoms with Crippen LogP contribution in [0.25, 0.3) is 0 Å². The second kappa shape index (κ2) is 5.59. The van der Waals surface area contributed by atoms with Crippen LogP contribution in [0.15, 0.2) is 18.2 Å². The highest BCUT2D eigenvalue weighted by molar-refractivity contribution is 14.1. The lowest BCUT2D eigenvalue weighted by molar-refractivity contribution is 0.0747. The van der Waals surface area contributed by atoms with E-state index in [2.05, 4.69) is 36.4 Å². The summed E-state index contributed by atoms with van der Waals surface area (Å²) in [6.45, 7) is 5.97. The zero-order valence-electron chi connectivity index (χ0n) is 10.4. The maximum Gasteiger partial charge on any atom is 0.255 e. The molecule has 1 fully saturated rings. The van der Waals surface area contributed by atoms with E-state index in [0.29, 0.717) is 10.6 Å². The molecule has 0 atom stereocenters. The summed E-state index contributed by atoms with van der Waals surface area (Å²) in [5, 5.41) is 0.615. The molecule has 5 heteroatoms. The number of amides is 1. The Labute approximate surface area is 131 Å². The molecule has 1 aliphatic rings. The van der Waals surface area contributed by atoms with Gasteiger partial charge in [0, 0.05) is 32.2 Å². The van der Waals surface area contributed by atoms with E-state index >= 15 is 0 Å². The Kier molecular flexibility index (Phi) is 4.49. The van der Waals surface area contributed by atoms with Gasteiger partial charge in [0.2, 0.25) is 0 Å². The Balaban J connectivity index is 2.23. The molecule has 1 saturated heterocycles. The zero-order chi connectivity index (χ0) is 13.3. The minimum Gasteiger partial charge on any atom is -0.336 e. The minimum atomic E-state index is 0.0928. The van der Waals surface area contributed by atoms with Gasteiger partial charge < -0.3 is 4.90 Å². The zero-order valence-corrected chi connectivity index (χ0v) is 14.1. The Bertz CT molecular complexity index is 478. The van der Waals surface area contributed by atoms with Crippen LogP contribution in [0.5, 0.6) is 0 Å². The van der Waals surface area contributed by atoms with Crippen LogP contribution in [-0.4, -0.2) is 34.4 Å². The first-order chi connectivity index (χ1) is 8.39. The Morgan fingerprint density at radius 3 is 2.89 bits per heavy atom. The largest absolute Gasteiger partial charge is 0.336 e. The van der Waals surface area contributed by atoms with Crippen LogP contribution in [-0.2, 0) is 0 Å². The highest BCUT2D eigenvalue weighted by Crippen LogP contribution is 2.31. The predicted molar refractivity (Wildman–Crippen MR) is 86.6 cm³/mol. The average Bonchev–Trinajstić information content (AvgIpc) is 2.30. The van der Waals surface area contributed by atoms with E-state index in [1.807, 2.05) is 28.8 Å². The highest BCUT2D eigenvalue weighted by Gasteiger charge is 2.30. The van der Waals surface area contributed by atoms with Crippen LogP contribution in [0.3, 0.4) is 0 Å². The normalized spacial score (nSPS) is 18.8. The summed E-state index contributed by atoms with van der Waals surface area (Å²) in [6.07, 6.45) is 0. The summed E-state index contributed by atoms with van der Waals surface area (Å²) in [4.78, 5) is 14.4. The Morgan fingerprint density at radius 1 is 1.50 bits per heavy atom. The number of carbonyl (C=O) groups excluding carboxylic acids is 1. The maximum absolute atomic E-state index is 12.5. The molecule has 0 saturated carbocycles. The topological polar surface area (TPSA) is 20.3 Å². The van der Waals surface area contributed by atoms with Gasteiger partial charge in [0.05, 0.1) is 5.56 Å². The van der Waals surface area contributed by atoms with Crippen molar-refractivity contribution in [3.05, 3.63) is 32.4 Å². The number of halogens is 2. The number of thioether (sulfide) groups is 1. The first-order valence-electron chi connectivity index (χ1n) is 5.77. The van der Waals surface area contributed by atoms with Gasteiger partial charge in [-0.25, -0.2) is 0 Å². The van der Waals surface area contributed by atoms with Gasteiger partial charge >= 0.3 is 0 Å². The number of nitrogens with zero attached hydrogens (tertiary/aromatic N) is 1. The third kappa shape index (κ3) is 3.33. The molecule has 0 spiro atoms. The van der Waals surface area contributed by atoms with Crippen molar-refractivity contribution in [1.82, 2.24) is 4.90 Å². The highest BCUT2D eigenvalue weighted by atomic mass is 127. The molecule has 1 heterocycles. The SMILES string of the molecule is CC1(C)CN(C(=O)c2cc(Cl)ccc2I)CCS1. The fourth-order valence-electron chi connectivity index (χ4n) is 2.02. The van der Waals surface area contributed by atoms with Gasteiger partial charge in [-0.3, -0.25) is 4.79 Å². The molecule has 1 aromatic carbocycles. The molecule has 1 amide bonds. The lowest BCUT2D eigenvalue weighted by Gasteiger charge is -2.37. The molecule has 0 bridgehead atoms. The van der Waals surface area contributed by atoms with Crippen molar-refractivity contribution in [3.8, 4) is 0 Å². The lowest BCUT2D eigenvalue weighted by Crippen LogP contribution is -2.46. The molecule has 18 heavy (non-hydrogen) atoms. The molecule has 0 aliphatic carbocycles. The standard InChI is InChI=1S/C13H15ClINOS/c1-13(2)8-16(5-6-18-13)12(17)10-7-9(14)3-4-11(10)15/h3-4,7H,5-6,8H2,1-2H3. The van der Waals surface area contributed by atoms with Crippen LogP contribution in [0, 0.1) is 3.57 Å². The third-order valence-corrected chi connectivity index (χ3v) is 5.34. The Hall–Kier alpha value is 0.0600. The molecule has 1 aliphatic heterocycles. The van der Waals surface area contributed by atoms with E-state index in [4.69, 9.17) is 11.6 Å². The monoisotopic (exact) mass is 395 g/mol. The molecule has 0 N–H and O–H groups in total. The van der Waals surface area contributed by atoms with Gasteiger partial charge in [-0.15, -0.1) is 0 Å². The minimum absolute atomic E-state index is 0.0928. The fraction of sp³-hybridized carbons (Fsp3) is 0.462. The molecular weight excluding hydrogens is 381 g/mol. The van der Waals surface area contributed by atoms with Crippen molar-refractivity contribution in [2.24, 2.45) is 0 Å². The van der Waals surface area contributed by atoms with Gasteiger partial charge in [-0.05, 0) is 54.6 Å². The van der Waals surface area contributed by atoms with E-state index in [9.17, 15) is 4.79 Å². The van der Waals surface area contributed by atoms with Crippen molar-refractivity contribution in [2.45, 2.75) is 18.6 Å². The van der Waals surface area contributed by atoms with Gasteiger partial charge in [0.15, 0.2) is 0 Å². The van der Waals surface area contributed by atoms with Crippen LogP contribution >= 0.6 is 46.0 Å². The first-order valence-corrected chi connectivity index (χ1v) is 8.21. The van der Waals surface area contributed by atoms with E-state index < -0.39 is 0 Å². The number of hydrogen-bond donors (Lipinski definition) is 0. The van der Waals surface area contributed by atoms with Crippen LogP contribution < -0.4 is 0 Å². The van der Waals surface area contributed by atoms with Gasteiger partial charge in [-0.1, -0.05) is 11.6 Å².